The van der Waals surface area contributed by atoms with Gasteiger partial charge >= 0.3 is 5.97 Å². The molecule has 0 unspecified atom stereocenters. The Hall–Kier alpha value is -2.04. The topological polar surface area (TPSA) is 61.8 Å². The van der Waals surface area contributed by atoms with Crippen LogP contribution in [-0.4, -0.2) is 30.6 Å². The van der Waals surface area contributed by atoms with E-state index >= 15 is 0 Å². The molecule has 5 nitrogen and oxygen atoms in total. The van der Waals surface area contributed by atoms with E-state index in [2.05, 4.69) is 0 Å². The van der Waals surface area contributed by atoms with Gasteiger partial charge in [0.15, 0.2) is 23.4 Å². The Labute approximate surface area is 116 Å². The van der Waals surface area contributed by atoms with Crippen LogP contribution in [0.5, 0.6) is 11.5 Å². The van der Waals surface area contributed by atoms with Crippen LogP contribution < -0.4 is 9.47 Å². The molecule has 5 heteroatoms. The first-order chi connectivity index (χ1) is 9.74. The molecule has 1 fully saturated rings. The van der Waals surface area contributed by atoms with Gasteiger partial charge in [-0.1, -0.05) is 12.1 Å². The van der Waals surface area contributed by atoms with Crippen molar-refractivity contribution in [1.29, 1.82) is 0 Å². The van der Waals surface area contributed by atoms with Crippen molar-refractivity contribution in [2.75, 3.05) is 6.61 Å². The average molecular weight is 276 g/mol. The van der Waals surface area contributed by atoms with Crippen LogP contribution >= 0.6 is 0 Å². The van der Waals surface area contributed by atoms with E-state index in [4.69, 9.17) is 14.2 Å². The zero-order valence-electron chi connectivity index (χ0n) is 11.0. The lowest BCUT2D eigenvalue weighted by Gasteiger charge is -2.27. The van der Waals surface area contributed by atoms with E-state index < -0.39 is 18.2 Å². The van der Waals surface area contributed by atoms with Crippen LogP contribution in [-0.2, 0) is 14.3 Å². The van der Waals surface area contributed by atoms with E-state index in [0.717, 1.165) is 12.8 Å². The number of hydrogen-bond donors (Lipinski definition) is 0. The molecule has 1 heterocycles. The van der Waals surface area contributed by atoms with Crippen molar-refractivity contribution < 1.29 is 23.8 Å². The normalized spacial score (nSPS) is 25.1. The third kappa shape index (κ3) is 2.61. The minimum absolute atomic E-state index is 0.00160. The summed E-state index contributed by atoms with van der Waals surface area (Å²) in [5.74, 6) is 0.613. The molecule has 1 aromatic rings. The fourth-order valence-corrected chi connectivity index (χ4v) is 2.43. The monoisotopic (exact) mass is 276 g/mol. The summed E-state index contributed by atoms with van der Waals surface area (Å²) in [6.45, 7) is 0.108. The van der Waals surface area contributed by atoms with Crippen molar-refractivity contribution in [3.05, 3.63) is 24.3 Å². The summed E-state index contributed by atoms with van der Waals surface area (Å²) in [6.07, 6.45) is 1.46. The summed E-state index contributed by atoms with van der Waals surface area (Å²) >= 11 is 0. The van der Waals surface area contributed by atoms with E-state index in [-0.39, 0.29) is 12.4 Å². The highest BCUT2D eigenvalue weighted by Gasteiger charge is 2.33. The first-order valence-electron chi connectivity index (χ1n) is 6.86. The SMILES string of the molecule is O=C1CCCC[C@@H]1OC(=O)[C@@H]1COc2ccccc2O1. The predicted octanol–water partition coefficient (Wildman–Crippen LogP) is 1.88. The van der Waals surface area contributed by atoms with Gasteiger partial charge in [-0.15, -0.1) is 0 Å². The molecule has 1 aliphatic heterocycles. The molecule has 1 saturated carbocycles. The minimum atomic E-state index is -0.806. The fraction of sp³-hybridized carbons (Fsp3) is 0.467. The predicted molar refractivity (Wildman–Crippen MR) is 69.7 cm³/mol. The maximum Gasteiger partial charge on any atom is 0.351 e. The molecule has 1 aromatic carbocycles. The van der Waals surface area contributed by atoms with Gasteiger partial charge in [0.2, 0.25) is 6.10 Å². The third-order valence-electron chi connectivity index (χ3n) is 3.53. The second-order valence-electron chi connectivity index (χ2n) is 5.00. The van der Waals surface area contributed by atoms with Crippen LogP contribution in [0.3, 0.4) is 0 Å². The third-order valence-corrected chi connectivity index (χ3v) is 3.53. The van der Waals surface area contributed by atoms with Crippen molar-refractivity contribution in [1.82, 2.24) is 0 Å². The number of carbonyl (C=O) groups excluding carboxylic acids is 2. The molecule has 2 aliphatic rings. The van der Waals surface area contributed by atoms with Gasteiger partial charge < -0.3 is 14.2 Å². The summed E-state index contributed by atoms with van der Waals surface area (Å²) in [7, 11) is 0. The van der Waals surface area contributed by atoms with Crippen molar-refractivity contribution in [3.63, 3.8) is 0 Å². The molecular weight excluding hydrogens is 260 g/mol. The number of ketones is 1. The standard InChI is InChI=1S/C15H16O5/c16-10-5-1-2-6-11(10)20-15(17)14-9-18-12-7-3-4-8-13(12)19-14/h3-4,7-8,11,14H,1-2,5-6,9H2/t11-,14-/m0/s1. The van der Waals surface area contributed by atoms with Gasteiger partial charge in [0, 0.05) is 6.42 Å². The highest BCUT2D eigenvalue weighted by molar-refractivity contribution is 5.87. The molecule has 0 aromatic heterocycles. The molecule has 0 bridgehead atoms. The summed E-state index contributed by atoms with van der Waals surface area (Å²) in [5, 5.41) is 0. The van der Waals surface area contributed by atoms with Crippen molar-refractivity contribution in [2.24, 2.45) is 0 Å². The average Bonchev–Trinajstić information content (AvgIpc) is 2.49. The van der Waals surface area contributed by atoms with Gasteiger partial charge in [0.1, 0.15) is 6.61 Å². The lowest BCUT2D eigenvalue weighted by molar-refractivity contribution is -0.165. The van der Waals surface area contributed by atoms with Gasteiger partial charge in [-0.2, -0.15) is 0 Å². The molecule has 106 valence electrons. The molecule has 0 amide bonds. The van der Waals surface area contributed by atoms with Crippen molar-refractivity contribution in [2.45, 2.75) is 37.9 Å². The van der Waals surface area contributed by atoms with Crippen LogP contribution in [0, 0.1) is 0 Å². The van der Waals surface area contributed by atoms with E-state index in [1.165, 1.54) is 0 Å². The van der Waals surface area contributed by atoms with Crippen molar-refractivity contribution >= 4 is 11.8 Å². The number of hydrogen-bond acceptors (Lipinski definition) is 5. The van der Waals surface area contributed by atoms with Crippen LogP contribution in [0.4, 0.5) is 0 Å². The Bertz CT molecular complexity index is 525. The largest absolute Gasteiger partial charge is 0.485 e. The fourth-order valence-electron chi connectivity index (χ4n) is 2.43. The number of para-hydroxylation sites is 2. The summed E-state index contributed by atoms with van der Waals surface area (Å²) < 4.78 is 16.3. The lowest BCUT2D eigenvalue weighted by atomic mass is 9.96. The second-order valence-corrected chi connectivity index (χ2v) is 5.00. The summed E-state index contributed by atoms with van der Waals surface area (Å²) in [5.41, 5.74) is 0. The second kappa shape index (κ2) is 5.53. The number of rotatable bonds is 2. The zero-order valence-corrected chi connectivity index (χ0v) is 11.0. The maximum absolute atomic E-state index is 12.0. The van der Waals surface area contributed by atoms with Crippen molar-refractivity contribution in [3.8, 4) is 11.5 Å². The van der Waals surface area contributed by atoms with Gasteiger partial charge in [0.05, 0.1) is 0 Å². The number of benzene rings is 1. The quantitative estimate of drug-likeness (QED) is 0.772. The Morgan fingerprint density at radius 2 is 2.00 bits per heavy atom. The van der Waals surface area contributed by atoms with Crippen LogP contribution in [0.2, 0.25) is 0 Å². The van der Waals surface area contributed by atoms with E-state index in [1.54, 1.807) is 18.2 Å². The minimum Gasteiger partial charge on any atom is -0.485 e. The molecule has 0 radical (unpaired) electrons. The number of carbonyl (C=O) groups is 2. The summed E-state index contributed by atoms with van der Waals surface area (Å²) in [4.78, 5) is 23.7. The van der Waals surface area contributed by atoms with Gasteiger partial charge in [0.25, 0.3) is 0 Å². The first kappa shape index (κ1) is 13.0. The van der Waals surface area contributed by atoms with Crippen LogP contribution in [0.1, 0.15) is 25.7 Å². The number of esters is 1. The number of ether oxygens (including phenoxy) is 3. The molecular formula is C15H16O5. The van der Waals surface area contributed by atoms with E-state index in [9.17, 15) is 9.59 Å². The van der Waals surface area contributed by atoms with Crippen LogP contribution in [0.25, 0.3) is 0 Å². The Morgan fingerprint density at radius 1 is 1.20 bits per heavy atom. The maximum atomic E-state index is 12.0. The highest BCUT2D eigenvalue weighted by atomic mass is 16.6. The molecule has 0 N–H and O–H groups in total. The molecule has 0 saturated heterocycles. The Kier molecular flexibility index (Phi) is 3.58. The van der Waals surface area contributed by atoms with Gasteiger partial charge in [-0.05, 0) is 31.4 Å². The first-order valence-corrected chi connectivity index (χ1v) is 6.86. The highest BCUT2D eigenvalue weighted by Crippen LogP contribution is 2.31. The molecule has 3 rings (SSSR count). The number of Topliss-reactive ketones (excluding diaryl/α,β-unsaturated/α-hetero) is 1. The van der Waals surface area contributed by atoms with E-state index in [1.807, 2.05) is 6.07 Å². The molecule has 2 atom stereocenters. The molecule has 0 spiro atoms. The molecule has 20 heavy (non-hydrogen) atoms. The molecule has 1 aliphatic carbocycles. The van der Waals surface area contributed by atoms with E-state index in [0.29, 0.717) is 24.3 Å². The van der Waals surface area contributed by atoms with Crippen LogP contribution in [0.15, 0.2) is 24.3 Å². The lowest BCUT2D eigenvalue weighted by Crippen LogP contribution is -2.41. The Morgan fingerprint density at radius 3 is 2.80 bits per heavy atom. The zero-order chi connectivity index (χ0) is 13.9. The number of fused-ring (bicyclic) bond motifs is 1. The van der Waals surface area contributed by atoms with Gasteiger partial charge in [-0.3, -0.25) is 4.79 Å². The Balaban J connectivity index is 1.63. The van der Waals surface area contributed by atoms with Gasteiger partial charge in [-0.25, -0.2) is 4.79 Å². The summed E-state index contributed by atoms with van der Waals surface area (Å²) in [6, 6.07) is 7.16. The smallest absolute Gasteiger partial charge is 0.351 e.